The summed E-state index contributed by atoms with van der Waals surface area (Å²) in [6, 6.07) is 6.89. The molecule has 136 valence electrons. The molecule has 0 atom stereocenters. The lowest BCUT2D eigenvalue weighted by molar-refractivity contribution is 0.411. The van der Waals surface area contributed by atoms with Crippen molar-refractivity contribution in [2.75, 3.05) is 29.8 Å². The smallest absolute Gasteiger partial charge is 0.262 e. The molecule has 1 N–H and O–H groups in total. The molecule has 0 aliphatic rings. The zero-order valence-corrected chi connectivity index (χ0v) is 16.1. The number of anilines is 2. The third kappa shape index (κ3) is 4.22. The second-order valence-electron chi connectivity index (χ2n) is 5.77. The number of aromatic nitrogens is 1. The molecule has 0 bridgehead atoms. The Hall–Kier alpha value is -2.28. The Morgan fingerprint density at radius 2 is 1.80 bits per heavy atom. The Kier molecular flexibility index (Phi) is 5.89. The first-order chi connectivity index (χ1) is 11.8. The summed E-state index contributed by atoms with van der Waals surface area (Å²) in [5, 5.41) is 0. The highest BCUT2D eigenvalue weighted by Crippen LogP contribution is 2.27. The van der Waals surface area contributed by atoms with E-state index < -0.39 is 10.0 Å². The maximum Gasteiger partial charge on any atom is 0.262 e. The number of benzene rings is 1. The van der Waals surface area contributed by atoms with Gasteiger partial charge in [0.15, 0.2) is 0 Å². The molecule has 2 rings (SSSR count). The average Bonchev–Trinajstić information content (AvgIpc) is 2.58. The summed E-state index contributed by atoms with van der Waals surface area (Å²) in [6.07, 6.45) is 1.54. The standard InChI is InChI=1S/C18H25N3O3S/c1-6-21(7-2)18-9-8-15(12-19-18)20-25(22,23)17-11-13(3)16(24-5)10-14(17)4/h8-12,20H,6-7H2,1-5H3. The van der Waals surface area contributed by atoms with Crippen LogP contribution in [-0.4, -0.2) is 33.6 Å². The number of ether oxygens (including phenoxy) is 1. The van der Waals surface area contributed by atoms with Gasteiger partial charge in [-0.1, -0.05) is 0 Å². The van der Waals surface area contributed by atoms with Gasteiger partial charge in [-0.3, -0.25) is 4.72 Å². The van der Waals surface area contributed by atoms with Gasteiger partial charge in [0.1, 0.15) is 11.6 Å². The van der Waals surface area contributed by atoms with E-state index in [0.29, 0.717) is 17.0 Å². The molecule has 0 amide bonds. The molecule has 0 spiro atoms. The van der Waals surface area contributed by atoms with E-state index in [1.54, 1.807) is 32.2 Å². The van der Waals surface area contributed by atoms with E-state index in [1.165, 1.54) is 6.20 Å². The minimum absolute atomic E-state index is 0.235. The Bertz CT molecular complexity index is 829. The molecule has 25 heavy (non-hydrogen) atoms. The van der Waals surface area contributed by atoms with Crippen LogP contribution in [0.25, 0.3) is 0 Å². The number of nitrogens with one attached hydrogen (secondary N) is 1. The topological polar surface area (TPSA) is 71.5 Å². The molecule has 6 nitrogen and oxygen atoms in total. The molecule has 0 saturated carbocycles. The highest BCUT2D eigenvalue weighted by atomic mass is 32.2. The van der Waals surface area contributed by atoms with E-state index in [-0.39, 0.29) is 4.90 Å². The number of sulfonamides is 1. The quantitative estimate of drug-likeness (QED) is 0.817. The fraction of sp³-hybridized carbons (Fsp3) is 0.389. The minimum Gasteiger partial charge on any atom is -0.496 e. The molecule has 0 saturated heterocycles. The molecule has 0 aliphatic carbocycles. The van der Waals surface area contributed by atoms with Crippen molar-refractivity contribution >= 4 is 21.5 Å². The molecule has 0 aliphatic heterocycles. The molecule has 0 unspecified atom stereocenters. The third-order valence-electron chi connectivity index (χ3n) is 4.07. The Balaban J connectivity index is 2.29. The summed E-state index contributed by atoms with van der Waals surface area (Å²) in [5.74, 6) is 1.49. The van der Waals surface area contributed by atoms with Gasteiger partial charge in [-0.15, -0.1) is 0 Å². The van der Waals surface area contributed by atoms with Crippen LogP contribution in [0.2, 0.25) is 0 Å². The largest absolute Gasteiger partial charge is 0.496 e. The van der Waals surface area contributed by atoms with Gasteiger partial charge >= 0.3 is 0 Å². The van der Waals surface area contributed by atoms with Crippen molar-refractivity contribution in [1.29, 1.82) is 0 Å². The number of hydrogen-bond donors (Lipinski definition) is 1. The van der Waals surface area contributed by atoms with Crippen molar-refractivity contribution in [1.82, 2.24) is 4.98 Å². The van der Waals surface area contributed by atoms with Crippen molar-refractivity contribution in [3.05, 3.63) is 41.6 Å². The lowest BCUT2D eigenvalue weighted by atomic mass is 10.1. The number of hydrogen-bond acceptors (Lipinski definition) is 5. The van der Waals surface area contributed by atoms with Gasteiger partial charge in [0.05, 0.1) is 23.9 Å². The SMILES string of the molecule is CCN(CC)c1ccc(NS(=O)(=O)c2cc(C)c(OC)cc2C)cn1. The van der Waals surface area contributed by atoms with Crippen LogP contribution in [0.5, 0.6) is 5.75 Å². The first-order valence-corrected chi connectivity index (χ1v) is 9.69. The molecule has 1 aromatic carbocycles. The second-order valence-corrected chi connectivity index (χ2v) is 7.42. The van der Waals surface area contributed by atoms with E-state index in [2.05, 4.69) is 28.5 Å². The van der Waals surface area contributed by atoms with Gasteiger partial charge in [-0.2, -0.15) is 0 Å². The van der Waals surface area contributed by atoms with Crippen LogP contribution in [-0.2, 0) is 10.0 Å². The van der Waals surface area contributed by atoms with Crippen LogP contribution >= 0.6 is 0 Å². The van der Waals surface area contributed by atoms with E-state index in [0.717, 1.165) is 24.5 Å². The van der Waals surface area contributed by atoms with Crippen molar-refractivity contribution in [2.45, 2.75) is 32.6 Å². The minimum atomic E-state index is -3.69. The van der Waals surface area contributed by atoms with Crippen molar-refractivity contribution in [3.63, 3.8) is 0 Å². The number of pyridine rings is 1. The Morgan fingerprint density at radius 3 is 2.32 bits per heavy atom. The molecule has 0 fully saturated rings. The fourth-order valence-corrected chi connectivity index (χ4v) is 4.02. The first kappa shape index (κ1) is 19.1. The van der Waals surface area contributed by atoms with Gasteiger partial charge in [0, 0.05) is 13.1 Å². The highest BCUT2D eigenvalue weighted by molar-refractivity contribution is 7.92. The molecular weight excluding hydrogens is 338 g/mol. The van der Waals surface area contributed by atoms with Crippen molar-refractivity contribution in [3.8, 4) is 5.75 Å². The van der Waals surface area contributed by atoms with Gasteiger partial charge < -0.3 is 9.64 Å². The van der Waals surface area contributed by atoms with Crippen molar-refractivity contribution < 1.29 is 13.2 Å². The molecule has 7 heteroatoms. The van der Waals surface area contributed by atoms with Crippen LogP contribution in [0, 0.1) is 13.8 Å². The van der Waals surface area contributed by atoms with Gasteiger partial charge in [0.2, 0.25) is 0 Å². The summed E-state index contributed by atoms with van der Waals surface area (Å²) < 4.78 is 33.3. The molecule has 2 aromatic rings. The zero-order valence-electron chi connectivity index (χ0n) is 15.3. The second kappa shape index (κ2) is 7.74. The number of methoxy groups -OCH3 is 1. The van der Waals surface area contributed by atoms with E-state index in [9.17, 15) is 8.42 Å². The molecule has 1 heterocycles. The maximum absolute atomic E-state index is 12.7. The third-order valence-corrected chi connectivity index (χ3v) is 5.59. The highest BCUT2D eigenvalue weighted by Gasteiger charge is 2.19. The van der Waals surface area contributed by atoms with Gasteiger partial charge in [-0.25, -0.2) is 13.4 Å². The average molecular weight is 363 g/mol. The van der Waals surface area contributed by atoms with Gasteiger partial charge in [-0.05, 0) is 63.1 Å². The lowest BCUT2D eigenvalue weighted by Gasteiger charge is -2.20. The molecule has 1 aromatic heterocycles. The van der Waals surface area contributed by atoms with Crippen LogP contribution in [0.1, 0.15) is 25.0 Å². The van der Waals surface area contributed by atoms with Crippen LogP contribution in [0.15, 0.2) is 35.4 Å². The monoisotopic (exact) mass is 363 g/mol. The Morgan fingerprint density at radius 1 is 1.12 bits per heavy atom. The zero-order chi connectivity index (χ0) is 18.6. The van der Waals surface area contributed by atoms with Crippen LogP contribution < -0.4 is 14.4 Å². The van der Waals surface area contributed by atoms with Crippen LogP contribution in [0.3, 0.4) is 0 Å². The number of rotatable bonds is 7. The van der Waals surface area contributed by atoms with Gasteiger partial charge in [0.25, 0.3) is 10.0 Å². The van der Waals surface area contributed by atoms with E-state index in [4.69, 9.17) is 4.74 Å². The lowest BCUT2D eigenvalue weighted by Crippen LogP contribution is -2.23. The number of nitrogens with zero attached hydrogens (tertiary/aromatic N) is 2. The summed E-state index contributed by atoms with van der Waals surface area (Å²) in [7, 11) is -2.13. The fourth-order valence-electron chi connectivity index (χ4n) is 2.66. The predicted molar refractivity (Wildman–Crippen MR) is 101 cm³/mol. The summed E-state index contributed by atoms with van der Waals surface area (Å²) in [4.78, 5) is 6.67. The van der Waals surface area contributed by atoms with E-state index in [1.807, 2.05) is 13.0 Å². The molecule has 0 radical (unpaired) electrons. The van der Waals surface area contributed by atoms with E-state index >= 15 is 0 Å². The Labute approximate surface area is 149 Å². The summed E-state index contributed by atoms with van der Waals surface area (Å²) in [6.45, 7) is 9.36. The maximum atomic E-state index is 12.7. The normalized spacial score (nSPS) is 11.2. The van der Waals surface area contributed by atoms with Crippen molar-refractivity contribution in [2.24, 2.45) is 0 Å². The van der Waals surface area contributed by atoms with Crippen LogP contribution in [0.4, 0.5) is 11.5 Å². The summed E-state index contributed by atoms with van der Waals surface area (Å²) >= 11 is 0. The first-order valence-electron chi connectivity index (χ1n) is 8.21. The molecular formula is C18H25N3O3S. The summed E-state index contributed by atoms with van der Waals surface area (Å²) in [5.41, 5.74) is 1.83. The number of aryl methyl sites for hydroxylation is 2. The predicted octanol–water partition coefficient (Wildman–Crippen LogP) is 3.35.